The van der Waals surface area contributed by atoms with Crippen molar-refractivity contribution in [1.29, 1.82) is 0 Å². The highest BCUT2D eigenvalue weighted by atomic mass is 16.5. The molecule has 1 amide bonds. The van der Waals surface area contributed by atoms with Crippen LogP contribution in [0.5, 0.6) is 0 Å². The molecule has 6 heteroatoms. The molecule has 0 atom stereocenters. The molecule has 0 saturated carbocycles. The van der Waals surface area contributed by atoms with Gasteiger partial charge in [-0.05, 0) is 26.0 Å². The number of nitrogens with zero attached hydrogens (tertiary/aromatic N) is 2. The Kier molecular flexibility index (Phi) is 3.91. The lowest BCUT2D eigenvalue weighted by molar-refractivity contribution is 0.0944. The number of aryl methyl sites for hydroxylation is 2. The lowest BCUT2D eigenvalue weighted by Crippen LogP contribution is -2.26. The van der Waals surface area contributed by atoms with Crippen molar-refractivity contribution in [2.24, 2.45) is 0 Å². The fraction of sp³-hybridized carbons (Fsp3) is 0.308. The van der Waals surface area contributed by atoms with Crippen molar-refractivity contribution in [3.05, 3.63) is 35.3 Å². The van der Waals surface area contributed by atoms with Crippen LogP contribution in [0.1, 0.15) is 21.8 Å². The summed E-state index contributed by atoms with van der Waals surface area (Å²) in [6, 6.07) is 3.30. The van der Waals surface area contributed by atoms with Crippen LogP contribution in [0.4, 0.5) is 0 Å². The third kappa shape index (κ3) is 2.79. The van der Waals surface area contributed by atoms with Gasteiger partial charge in [0.05, 0.1) is 23.6 Å². The number of rotatable bonds is 4. The first-order valence-corrected chi connectivity index (χ1v) is 5.92. The van der Waals surface area contributed by atoms with Crippen LogP contribution in [0.15, 0.2) is 22.9 Å². The monoisotopic (exact) mass is 261 g/mol. The van der Waals surface area contributed by atoms with E-state index in [2.05, 4.69) is 15.5 Å². The summed E-state index contributed by atoms with van der Waals surface area (Å²) in [5.74, 6) is 0.419. The van der Waals surface area contributed by atoms with Crippen molar-refractivity contribution in [3.8, 4) is 11.3 Å². The van der Waals surface area contributed by atoms with E-state index >= 15 is 0 Å². The zero-order chi connectivity index (χ0) is 13.8. The van der Waals surface area contributed by atoms with Crippen molar-refractivity contribution < 1.29 is 14.4 Å². The van der Waals surface area contributed by atoms with Gasteiger partial charge in [-0.2, -0.15) is 0 Å². The highest BCUT2D eigenvalue weighted by Gasteiger charge is 2.14. The van der Waals surface area contributed by atoms with Gasteiger partial charge in [0, 0.05) is 18.3 Å². The summed E-state index contributed by atoms with van der Waals surface area (Å²) < 4.78 is 5.09. The second-order valence-corrected chi connectivity index (χ2v) is 4.11. The van der Waals surface area contributed by atoms with E-state index in [0.717, 1.165) is 11.3 Å². The summed E-state index contributed by atoms with van der Waals surface area (Å²) in [6.45, 7) is 3.76. The van der Waals surface area contributed by atoms with E-state index in [1.165, 1.54) is 0 Å². The smallest absolute Gasteiger partial charge is 0.251 e. The number of nitrogens with one attached hydrogen (secondary N) is 1. The number of hydrogen-bond acceptors (Lipinski definition) is 5. The number of aliphatic hydroxyl groups excluding tert-OH is 1. The summed E-state index contributed by atoms with van der Waals surface area (Å²) in [5, 5.41) is 15.2. The second-order valence-electron chi connectivity index (χ2n) is 4.11. The Bertz CT molecular complexity index is 573. The molecular weight excluding hydrogens is 246 g/mol. The Hall–Kier alpha value is -2.21. The first-order valence-electron chi connectivity index (χ1n) is 5.92. The standard InChI is InChI=1S/C13H15N3O3/c1-8-12(9(2)19-16-8)11-7-10(3-4-14-11)13(18)15-5-6-17/h3-4,7,17H,5-6H2,1-2H3,(H,15,18). The highest BCUT2D eigenvalue weighted by molar-refractivity contribution is 5.95. The molecule has 0 bridgehead atoms. The molecule has 2 rings (SSSR count). The van der Waals surface area contributed by atoms with E-state index in [1.807, 2.05) is 6.92 Å². The lowest BCUT2D eigenvalue weighted by Gasteiger charge is -2.05. The number of aliphatic hydroxyl groups is 1. The zero-order valence-corrected chi connectivity index (χ0v) is 10.8. The molecule has 0 unspecified atom stereocenters. The third-order valence-corrected chi connectivity index (χ3v) is 2.71. The Morgan fingerprint density at radius 2 is 2.26 bits per heavy atom. The van der Waals surface area contributed by atoms with Crippen LogP contribution in [-0.2, 0) is 0 Å². The lowest BCUT2D eigenvalue weighted by atomic mass is 10.1. The molecule has 2 aromatic heterocycles. The van der Waals surface area contributed by atoms with Gasteiger partial charge in [0.2, 0.25) is 0 Å². The molecule has 0 aliphatic rings. The van der Waals surface area contributed by atoms with Crippen molar-refractivity contribution in [2.75, 3.05) is 13.2 Å². The molecule has 0 aliphatic carbocycles. The first kappa shape index (κ1) is 13.2. The fourth-order valence-electron chi connectivity index (χ4n) is 1.83. The van der Waals surface area contributed by atoms with Crippen LogP contribution in [0, 0.1) is 13.8 Å². The molecule has 0 fully saturated rings. The number of amides is 1. The topological polar surface area (TPSA) is 88.2 Å². The molecule has 0 aromatic carbocycles. The Morgan fingerprint density at radius 1 is 1.47 bits per heavy atom. The van der Waals surface area contributed by atoms with Gasteiger partial charge >= 0.3 is 0 Å². The number of aromatic nitrogens is 2. The van der Waals surface area contributed by atoms with Crippen LogP contribution in [0.3, 0.4) is 0 Å². The van der Waals surface area contributed by atoms with Gasteiger partial charge in [-0.15, -0.1) is 0 Å². The predicted molar refractivity (Wildman–Crippen MR) is 68.6 cm³/mol. The Labute approximate surface area is 110 Å². The minimum absolute atomic E-state index is 0.0897. The van der Waals surface area contributed by atoms with Crippen LogP contribution in [0.2, 0.25) is 0 Å². The summed E-state index contributed by atoms with van der Waals surface area (Å²) >= 11 is 0. The molecule has 0 radical (unpaired) electrons. The molecule has 0 saturated heterocycles. The summed E-state index contributed by atoms with van der Waals surface area (Å²) in [4.78, 5) is 16.0. The number of pyridine rings is 1. The second kappa shape index (κ2) is 5.62. The first-order chi connectivity index (χ1) is 9.13. The number of carbonyl (C=O) groups excluding carboxylic acids is 1. The Morgan fingerprint density at radius 3 is 2.89 bits per heavy atom. The SMILES string of the molecule is Cc1noc(C)c1-c1cc(C(=O)NCCO)ccn1. The van der Waals surface area contributed by atoms with Crippen LogP contribution >= 0.6 is 0 Å². The van der Waals surface area contributed by atoms with Gasteiger partial charge in [-0.1, -0.05) is 5.16 Å². The van der Waals surface area contributed by atoms with E-state index in [-0.39, 0.29) is 19.1 Å². The normalized spacial score (nSPS) is 10.5. The van der Waals surface area contributed by atoms with Crippen molar-refractivity contribution in [1.82, 2.24) is 15.5 Å². The minimum Gasteiger partial charge on any atom is -0.395 e. The van der Waals surface area contributed by atoms with Crippen molar-refractivity contribution >= 4 is 5.91 Å². The summed E-state index contributed by atoms with van der Waals surface area (Å²) in [7, 11) is 0. The summed E-state index contributed by atoms with van der Waals surface area (Å²) in [5.41, 5.74) is 2.67. The zero-order valence-electron chi connectivity index (χ0n) is 10.8. The van der Waals surface area contributed by atoms with E-state index in [1.54, 1.807) is 25.3 Å². The fourth-order valence-corrected chi connectivity index (χ4v) is 1.83. The molecular formula is C13H15N3O3. The molecule has 0 aliphatic heterocycles. The van der Waals surface area contributed by atoms with E-state index in [4.69, 9.17) is 9.63 Å². The molecule has 2 aromatic rings. The van der Waals surface area contributed by atoms with E-state index < -0.39 is 0 Å². The molecule has 0 spiro atoms. The quantitative estimate of drug-likeness (QED) is 0.859. The molecule has 100 valence electrons. The number of carbonyl (C=O) groups is 1. The van der Waals surface area contributed by atoms with Crippen LogP contribution in [-0.4, -0.2) is 34.3 Å². The number of hydrogen-bond donors (Lipinski definition) is 2. The molecule has 19 heavy (non-hydrogen) atoms. The van der Waals surface area contributed by atoms with Gasteiger partial charge in [-0.3, -0.25) is 9.78 Å². The average molecular weight is 261 g/mol. The van der Waals surface area contributed by atoms with E-state index in [9.17, 15) is 4.79 Å². The minimum atomic E-state index is -0.246. The van der Waals surface area contributed by atoms with Gasteiger partial charge in [0.1, 0.15) is 5.76 Å². The predicted octanol–water partition coefficient (Wildman–Crippen LogP) is 1.08. The molecule has 2 N–H and O–H groups in total. The van der Waals surface area contributed by atoms with Gasteiger partial charge in [0.15, 0.2) is 0 Å². The van der Waals surface area contributed by atoms with Crippen LogP contribution < -0.4 is 5.32 Å². The maximum atomic E-state index is 11.8. The van der Waals surface area contributed by atoms with Crippen molar-refractivity contribution in [3.63, 3.8) is 0 Å². The molecule has 2 heterocycles. The summed E-state index contributed by atoms with van der Waals surface area (Å²) in [6.07, 6.45) is 1.56. The van der Waals surface area contributed by atoms with E-state index in [0.29, 0.717) is 17.0 Å². The van der Waals surface area contributed by atoms with Gasteiger partial charge < -0.3 is 14.9 Å². The molecule has 6 nitrogen and oxygen atoms in total. The Balaban J connectivity index is 2.32. The third-order valence-electron chi connectivity index (χ3n) is 2.71. The highest BCUT2D eigenvalue weighted by Crippen LogP contribution is 2.25. The average Bonchev–Trinajstić information content (AvgIpc) is 2.75. The van der Waals surface area contributed by atoms with Crippen molar-refractivity contribution in [2.45, 2.75) is 13.8 Å². The van der Waals surface area contributed by atoms with Gasteiger partial charge in [0.25, 0.3) is 5.91 Å². The maximum absolute atomic E-state index is 11.8. The maximum Gasteiger partial charge on any atom is 0.251 e. The van der Waals surface area contributed by atoms with Gasteiger partial charge in [-0.25, -0.2) is 0 Å². The largest absolute Gasteiger partial charge is 0.395 e. The van der Waals surface area contributed by atoms with Crippen LogP contribution in [0.25, 0.3) is 11.3 Å².